The van der Waals surface area contributed by atoms with Gasteiger partial charge in [0.25, 0.3) is 10.0 Å². The first-order valence-corrected chi connectivity index (χ1v) is 7.11. The molecule has 0 aliphatic heterocycles. The maximum absolute atomic E-state index is 11.9. The molecule has 0 bridgehead atoms. The molecular weight excluding hydrogens is 346 g/mol. The van der Waals surface area contributed by atoms with Gasteiger partial charge in [0.05, 0.1) is 24.8 Å². The van der Waals surface area contributed by atoms with Gasteiger partial charge in [-0.05, 0) is 27.5 Å². The first kappa shape index (κ1) is 13.1. The lowest BCUT2D eigenvalue weighted by Gasteiger charge is -2.05. The second-order valence-electron chi connectivity index (χ2n) is 3.02. The summed E-state index contributed by atoms with van der Waals surface area (Å²) in [5.74, 6) is 0.0909. The minimum absolute atomic E-state index is 0.0302. The molecule has 94 valence electrons. The first-order chi connectivity index (χ1) is 8.47. The number of nitrogens with one attached hydrogen (secondary N) is 1. The molecule has 7 nitrogen and oxygen atoms in total. The molecule has 0 radical (unpaired) electrons. The van der Waals surface area contributed by atoms with E-state index in [1.54, 1.807) is 0 Å². The SMILES string of the molecule is O=S(=O)(Nc1cnc(Br)cn1)c1cnc(Cl)nc1. The minimum Gasteiger partial charge on any atom is -0.262 e. The fraction of sp³-hybridized carbons (Fsp3) is 0. The summed E-state index contributed by atoms with van der Waals surface area (Å²) in [6.07, 6.45) is 4.85. The van der Waals surface area contributed by atoms with E-state index in [0.717, 1.165) is 12.4 Å². The third-order valence-corrected chi connectivity index (χ3v) is 3.68. The predicted octanol–water partition coefficient (Wildman–Crippen LogP) is 1.48. The van der Waals surface area contributed by atoms with Crippen LogP contribution in [-0.4, -0.2) is 28.4 Å². The molecule has 0 aliphatic carbocycles. The Morgan fingerprint density at radius 2 is 1.72 bits per heavy atom. The zero-order chi connectivity index (χ0) is 13.2. The van der Waals surface area contributed by atoms with Crippen molar-refractivity contribution in [2.45, 2.75) is 4.90 Å². The molecule has 0 unspecified atom stereocenters. The van der Waals surface area contributed by atoms with Crippen LogP contribution >= 0.6 is 27.5 Å². The molecule has 2 aromatic rings. The molecule has 18 heavy (non-hydrogen) atoms. The summed E-state index contributed by atoms with van der Waals surface area (Å²) in [5, 5.41) is -0.0302. The lowest BCUT2D eigenvalue weighted by atomic mass is 10.7. The van der Waals surface area contributed by atoms with E-state index in [-0.39, 0.29) is 16.0 Å². The van der Waals surface area contributed by atoms with Gasteiger partial charge in [-0.15, -0.1) is 0 Å². The Balaban J connectivity index is 2.27. The van der Waals surface area contributed by atoms with Crippen LogP contribution in [0.2, 0.25) is 5.28 Å². The summed E-state index contributed by atoms with van der Waals surface area (Å²) in [5.41, 5.74) is 0. The Bertz CT molecular complexity index is 646. The zero-order valence-electron chi connectivity index (χ0n) is 8.58. The number of nitrogens with zero attached hydrogens (tertiary/aromatic N) is 4. The van der Waals surface area contributed by atoms with Crippen LogP contribution in [0.15, 0.2) is 34.3 Å². The van der Waals surface area contributed by atoms with Crippen LogP contribution in [-0.2, 0) is 10.0 Å². The van der Waals surface area contributed by atoms with Crippen molar-refractivity contribution in [2.24, 2.45) is 0 Å². The van der Waals surface area contributed by atoms with Crippen molar-refractivity contribution >= 4 is 43.4 Å². The van der Waals surface area contributed by atoms with Crippen LogP contribution in [0.3, 0.4) is 0 Å². The molecular formula is C8H5BrClN5O2S. The highest BCUT2D eigenvalue weighted by Gasteiger charge is 2.16. The summed E-state index contributed by atoms with van der Waals surface area (Å²) in [6, 6.07) is 0. The predicted molar refractivity (Wildman–Crippen MR) is 67.6 cm³/mol. The van der Waals surface area contributed by atoms with Crippen molar-refractivity contribution in [2.75, 3.05) is 4.72 Å². The van der Waals surface area contributed by atoms with Crippen molar-refractivity contribution < 1.29 is 8.42 Å². The van der Waals surface area contributed by atoms with Gasteiger partial charge in [-0.1, -0.05) is 0 Å². The van der Waals surface area contributed by atoms with Crippen molar-refractivity contribution in [3.8, 4) is 0 Å². The number of hydrogen-bond acceptors (Lipinski definition) is 6. The van der Waals surface area contributed by atoms with Gasteiger partial charge in [-0.25, -0.2) is 28.4 Å². The number of anilines is 1. The molecule has 2 heterocycles. The number of rotatable bonds is 3. The Kier molecular flexibility index (Phi) is 3.73. The molecule has 0 saturated carbocycles. The van der Waals surface area contributed by atoms with E-state index >= 15 is 0 Å². The number of halogens is 2. The number of sulfonamides is 1. The van der Waals surface area contributed by atoms with Gasteiger partial charge in [0, 0.05) is 0 Å². The topological polar surface area (TPSA) is 97.7 Å². The Hall–Kier alpha value is -1.32. The van der Waals surface area contributed by atoms with E-state index in [1.807, 2.05) is 0 Å². The number of aromatic nitrogens is 4. The highest BCUT2D eigenvalue weighted by Crippen LogP contribution is 2.13. The standard InChI is InChI=1S/C8H5BrClN5O2S/c9-6-3-12-7(4-11-6)15-18(16,17)5-1-13-8(10)14-2-5/h1-4H,(H,12,15). The average molecular weight is 351 g/mol. The quantitative estimate of drug-likeness (QED) is 0.842. The van der Waals surface area contributed by atoms with Gasteiger partial charge in [0.2, 0.25) is 5.28 Å². The summed E-state index contributed by atoms with van der Waals surface area (Å²) in [4.78, 5) is 14.8. The zero-order valence-corrected chi connectivity index (χ0v) is 11.7. The van der Waals surface area contributed by atoms with E-state index < -0.39 is 10.0 Å². The van der Waals surface area contributed by atoms with Crippen molar-refractivity contribution in [1.29, 1.82) is 0 Å². The van der Waals surface area contributed by atoms with E-state index in [1.165, 1.54) is 12.4 Å². The first-order valence-electron chi connectivity index (χ1n) is 4.45. The molecule has 0 aromatic carbocycles. The summed E-state index contributed by atoms with van der Waals surface area (Å²) >= 11 is 8.57. The van der Waals surface area contributed by atoms with Gasteiger partial charge in [-0.3, -0.25) is 4.72 Å². The third-order valence-electron chi connectivity index (χ3n) is 1.77. The normalized spacial score (nSPS) is 11.2. The Morgan fingerprint density at radius 3 is 2.28 bits per heavy atom. The van der Waals surface area contributed by atoms with E-state index in [2.05, 4.69) is 40.6 Å². The lowest BCUT2D eigenvalue weighted by molar-refractivity contribution is 0.600. The van der Waals surface area contributed by atoms with Crippen molar-refractivity contribution in [3.63, 3.8) is 0 Å². The molecule has 10 heteroatoms. The molecule has 0 saturated heterocycles. The summed E-state index contributed by atoms with van der Waals surface area (Å²) in [7, 11) is -3.79. The van der Waals surface area contributed by atoms with Crippen LogP contribution in [0.4, 0.5) is 5.82 Å². The maximum atomic E-state index is 11.9. The second kappa shape index (κ2) is 5.12. The Morgan fingerprint density at radius 1 is 1.06 bits per heavy atom. The Labute approximate surface area is 116 Å². The maximum Gasteiger partial charge on any atom is 0.266 e. The van der Waals surface area contributed by atoms with Gasteiger partial charge in [0.15, 0.2) is 5.82 Å². The summed E-state index contributed by atoms with van der Waals surface area (Å²) < 4.78 is 26.5. The second-order valence-corrected chi connectivity index (χ2v) is 5.85. The van der Waals surface area contributed by atoms with Gasteiger partial charge >= 0.3 is 0 Å². The smallest absolute Gasteiger partial charge is 0.262 e. The molecule has 0 atom stereocenters. The van der Waals surface area contributed by atoms with E-state index in [0.29, 0.717) is 4.60 Å². The molecule has 0 fully saturated rings. The molecule has 1 N–H and O–H groups in total. The highest BCUT2D eigenvalue weighted by molar-refractivity contribution is 9.10. The van der Waals surface area contributed by atoms with Crippen LogP contribution < -0.4 is 4.72 Å². The molecule has 0 aliphatic rings. The van der Waals surface area contributed by atoms with Crippen molar-refractivity contribution in [3.05, 3.63) is 34.7 Å². The van der Waals surface area contributed by atoms with Crippen molar-refractivity contribution in [1.82, 2.24) is 19.9 Å². The molecule has 0 amide bonds. The van der Waals surface area contributed by atoms with Crippen LogP contribution in [0.1, 0.15) is 0 Å². The van der Waals surface area contributed by atoms with Gasteiger partial charge < -0.3 is 0 Å². The van der Waals surface area contributed by atoms with Gasteiger partial charge in [-0.2, -0.15) is 0 Å². The minimum atomic E-state index is -3.79. The van der Waals surface area contributed by atoms with E-state index in [4.69, 9.17) is 11.6 Å². The van der Waals surface area contributed by atoms with E-state index in [9.17, 15) is 8.42 Å². The molecule has 2 rings (SSSR count). The fourth-order valence-electron chi connectivity index (χ4n) is 1.00. The summed E-state index contributed by atoms with van der Waals surface area (Å²) in [6.45, 7) is 0. The number of hydrogen-bond donors (Lipinski definition) is 1. The average Bonchev–Trinajstić information content (AvgIpc) is 2.32. The highest BCUT2D eigenvalue weighted by atomic mass is 79.9. The fourth-order valence-corrected chi connectivity index (χ4v) is 2.18. The third kappa shape index (κ3) is 3.12. The molecule has 2 aromatic heterocycles. The van der Waals surface area contributed by atoms with Gasteiger partial charge in [0.1, 0.15) is 9.50 Å². The lowest BCUT2D eigenvalue weighted by Crippen LogP contribution is -2.14. The monoisotopic (exact) mass is 349 g/mol. The molecule has 0 spiro atoms. The van der Waals surface area contributed by atoms with Crippen LogP contribution in [0.25, 0.3) is 0 Å². The van der Waals surface area contributed by atoms with Crippen LogP contribution in [0, 0.1) is 0 Å². The van der Waals surface area contributed by atoms with Crippen LogP contribution in [0.5, 0.6) is 0 Å². The largest absolute Gasteiger partial charge is 0.266 e.